The Balaban J connectivity index is 1.21. The van der Waals surface area contributed by atoms with E-state index < -0.39 is 62.0 Å². The third kappa shape index (κ3) is 8.77. The number of methoxy groups -OCH3 is 3. The molecule has 0 amide bonds. The van der Waals surface area contributed by atoms with E-state index in [0.29, 0.717) is 87.5 Å². The predicted molar refractivity (Wildman–Crippen MR) is 293 cm³/mol. The number of hydrogen-bond donors (Lipinski definition) is 2. The molecule has 0 bridgehead atoms. The zero-order valence-electron chi connectivity index (χ0n) is 45.7. The number of nitrogens with one attached hydrogen (secondary N) is 1. The maximum atomic E-state index is 16.1. The fraction of sp³-hybridized carbons (Fsp3) is 0.492. The topological polar surface area (TPSA) is 177 Å². The van der Waals surface area contributed by atoms with E-state index >= 15 is 4.79 Å². The number of aliphatic hydroxyl groups is 1. The van der Waals surface area contributed by atoms with Crippen molar-refractivity contribution in [3.63, 3.8) is 0 Å². The lowest BCUT2D eigenvalue weighted by atomic mass is 9.47. The van der Waals surface area contributed by atoms with Gasteiger partial charge in [-0.1, -0.05) is 98.6 Å². The number of H-pyrrole nitrogens is 1. The Kier molecular flexibility index (Phi) is 14.8. The monoisotopic (exact) mass is 1070 g/mol. The summed E-state index contributed by atoms with van der Waals surface area (Å²) in [6, 6.07) is 27.8. The van der Waals surface area contributed by atoms with E-state index in [2.05, 4.69) is 46.0 Å². The quantitative estimate of drug-likeness (QED) is 0.0419. The van der Waals surface area contributed by atoms with Gasteiger partial charge in [0.2, 0.25) is 5.60 Å². The zero-order valence-corrected chi connectivity index (χ0v) is 46.5. The van der Waals surface area contributed by atoms with Crippen molar-refractivity contribution < 1.29 is 51.0 Å². The number of para-hydroxylation sites is 1. The van der Waals surface area contributed by atoms with Crippen molar-refractivity contribution >= 4 is 44.6 Å². The molecule has 1 spiro atoms. The van der Waals surface area contributed by atoms with E-state index in [0.717, 1.165) is 39.6 Å². The Morgan fingerprint density at radius 2 is 1.62 bits per heavy atom. The van der Waals surface area contributed by atoms with Gasteiger partial charge in [-0.05, 0) is 105 Å². The summed E-state index contributed by atoms with van der Waals surface area (Å²) in [7, 11) is 2.01. The van der Waals surface area contributed by atoms with Gasteiger partial charge in [-0.2, -0.15) is 8.42 Å². The summed E-state index contributed by atoms with van der Waals surface area (Å²) >= 11 is 0. The number of likely N-dealkylation sites (N-methyl/N-ethyl adjacent to an activating group) is 1. The van der Waals surface area contributed by atoms with Gasteiger partial charge in [0.15, 0.2) is 6.10 Å². The molecule has 1 aromatic heterocycles. The Hall–Kier alpha value is -6.04. The minimum atomic E-state index is -4.10. The minimum Gasteiger partial charge on any atom is -0.496 e. The van der Waals surface area contributed by atoms with E-state index in [1.165, 1.54) is 21.1 Å². The highest BCUT2D eigenvalue weighted by atomic mass is 32.2. The van der Waals surface area contributed by atoms with E-state index in [1.54, 1.807) is 31.4 Å². The van der Waals surface area contributed by atoms with Crippen LogP contribution in [0.2, 0.25) is 0 Å². The van der Waals surface area contributed by atoms with Crippen LogP contribution in [0.15, 0.2) is 108 Å². The molecular weight excluding hydrogens is 997 g/mol. The van der Waals surface area contributed by atoms with Gasteiger partial charge in [0.25, 0.3) is 10.1 Å². The molecule has 5 aromatic rings. The Labute approximate surface area is 453 Å². The number of benzene rings is 4. The van der Waals surface area contributed by atoms with E-state index in [9.17, 15) is 23.1 Å². The third-order valence-corrected chi connectivity index (χ3v) is 19.4. The number of rotatable bonds is 16. The lowest BCUT2D eigenvalue weighted by Gasteiger charge is -2.63. The fourth-order valence-electron chi connectivity index (χ4n) is 15.2. The molecule has 0 radical (unpaired) electrons. The van der Waals surface area contributed by atoms with E-state index in [-0.39, 0.29) is 35.8 Å². The van der Waals surface area contributed by atoms with Crippen LogP contribution in [0, 0.1) is 24.2 Å². The van der Waals surface area contributed by atoms with Crippen molar-refractivity contribution in [2.75, 3.05) is 66.1 Å². The number of anilines is 1. The Bertz CT molecular complexity index is 3180. The first-order chi connectivity index (χ1) is 37.0. The standard InChI is InChI=1S/C61H74N4O11S/c1-9-17-42(38-75-77(70,71)44-24-22-39(3)23-25-44)32-43-35-60(56(67)73-7,52-46(45-20-14-15-21-49(45)62-52)26-30-64(37-43)36-41-18-12-11-13-19-41)48-33-47-50(34-51(48)72-6)63(5)54-59(47)28-31-65-29-16-27-58(10-2,53(59)65)55(76-40(4)66)61(54,69)57(68)74-8/h11-16,18-25,27,33-34,42-43,53-55,62,69H,9-10,17,26,28-32,35-38H2,1-8H3/t42?,43-,53+,54-,55-,58-,59-,60-,61+/m1/s1. The Morgan fingerprint density at radius 1 is 0.896 bits per heavy atom. The van der Waals surface area contributed by atoms with E-state index in [4.69, 9.17) is 23.1 Å². The smallest absolute Gasteiger partial charge is 0.344 e. The largest absolute Gasteiger partial charge is 0.496 e. The second kappa shape index (κ2) is 21.0. The molecule has 2 fully saturated rings. The summed E-state index contributed by atoms with van der Waals surface area (Å²) in [5.74, 6) is -2.14. The van der Waals surface area contributed by atoms with Crippen LogP contribution in [0.5, 0.6) is 5.75 Å². The van der Waals surface area contributed by atoms with Crippen LogP contribution in [-0.2, 0) is 66.7 Å². The van der Waals surface area contributed by atoms with Gasteiger partial charge in [0, 0.05) is 90.9 Å². The van der Waals surface area contributed by atoms with Gasteiger partial charge in [-0.25, -0.2) is 4.79 Å². The second-order valence-electron chi connectivity index (χ2n) is 22.3. The number of ether oxygens (including phenoxy) is 4. The number of fused-ring (bicyclic) bond motifs is 4. The maximum Gasteiger partial charge on any atom is 0.344 e. The van der Waals surface area contributed by atoms with Crippen molar-refractivity contribution in [2.24, 2.45) is 17.3 Å². The average Bonchev–Trinajstić information content (AvgIpc) is 4.31. The Morgan fingerprint density at radius 3 is 2.31 bits per heavy atom. The normalized spacial score (nSPS) is 28.3. The van der Waals surface area contributed by atoms with Crippen LogP contribution in [0.3, 0.4) is 0 Å². The van der Waals surface area contributed by atoms with Crippen molar-refractivity contribution in [2.45, 2.75) is 119 Å². The molecule has 5 aliphatic rings. The number of hydrogen-bond acceptors (Lipinski definition) is 14. The minimum absolute atomic E-state index is 0.0521. The molecule has 4 aliphatic heterocycles. The number of esters is 3. The average molecular weight is 1070 g/mol. The van der Waals surface area contributed by atoms with Gasteiger partial charge < -0.3 is 33.9 Å². The number of aromatic amines is 1. The molecule has 1 unspecified atom stereocenters. The van der Waals surface area contributed by atoms with Crippen LogP contribution in [-0.4, -0.2) is 131 Å². The molecule has 10 rings (SSSR count). The predicted octanol–water partition coefficient (Wildman–Crippen LogP) is 8.17. The van der Waals surface area contributed by atoms with Gasteiger partial charge in [0.05, 0.1) is 38.9 Å². The van der Waals surface area contributed by atoms with Crippen molar-refractivity contribution in [3.05, 3.63) is 137 Å². The van der Waals surface area contributed by atoms with Crippen LogP contribution in [0.1, 0.15) is 92.8 Å². The molecule has 15 nitrogen and oxygen atoms in total. The van der Waals surface area contributed by atoms with Gasteiger partial charge in [-0.15, -0.1) is 0 Å². The summed E-state index contributed by atoms with van der Waals surface area (Å²) in [6.07, 6.45) is 6.44. The molecular formula is C61H74N4O11S. The summed E-state index contributed by atoms with van der Waals surface area (Å²) < 4.78 is 58.1. The van der Waals surface area contributed by atoms with Gasteiger partial charge in [0.1, 0.15) is 11.2 Å². The van der Waals surface area contributed by atoms with Gasteiger partial charge >= 0.3 is 17.9 Å². The first-order valence-corrected chi connectivity index (χ1v) is 28.6. The number of carbonyl (C=O) groups excluding carboxylic acids is 3. The summed E-state index contributed by atoms with van der Waals surface area (Å²) in [4.78, 5) is 54.7. The molecule has 2 N–H and O–H groups in total. The van der Waals surface area contributed by atoms with Crippen molar-refractivity contribution in [3.8, 4) is 5.75 Å². The molecule has 5 heterocycles. The molecule has 1 saturated heterocycles. The number of carbonyl (C=O) groups is 3. The molecule has 1 aliphatic carbocycles. The lowest BCUT2D eigenvalue weighted by Crippen LogP contribution is -2.81. The third-order valence-electron chi connectivity index (χ3n) is 18.1. The van der Waals surface area contributed by atoms with Gasteiger partial charge in [-0.3, -0.25) is 23.6 Å². The zero-order chi connectivity index (χ0) is 54.7. The summed E-state index contributed by atoms with van der Waals surface area (Å²) in [6.45, 7) is 10.3. The highest BCUT2D eigenvalue weighted by Crippen LogP contribution is 2.68. The lowest BCUT2D eigenvalue weighted by molar-refractivity contribution is -0.228. The summed E-state index contributed by atoms with van der Waals surface area (Å²) in [5, 5.41) is 14.6. The molecule has 77 heavy (non-hydrogen) atoms. The molecule has 410 valence electrons. The summed E-state index contributed by atoms with van der Waals surface area (Å²) in [5.41, 5.74) is 0.657. The maximum absolute atomic E-state index is 16.1. The van der Waals surface area contributed by atoms with E-state index in [1.807, 2.05) is 80.4 Å². The van der Waals surface area contributed by atoms with Crippen LogP contribution in [0.4, 0.5) is 5.69 Å². The highest BCUT2D eigenvalue weighted by molar-refractivity contribution is 7.86. The van der Waals surface area contributed by atoms with Crippen LogP contribution < -0.4 is 9.64 Å². The fourth-order valence-corrected chi connectivity index (χ4v) is 16.2. The SMILES string of the molecule is CCCC(COS(=O)(=O)c1ccc(C)cc1)C[C@H]1CN(Cc2ccccc2)CCc2c([nH]c3ccccc23)[C@](C(=O)OC)(c2cc3c(cc2OC)N(C)[C@H]2[C@@](O)(C(=O)OC)[C@H](OC(C)=O)[C@]4(CC)C=CCN5CC[C@]32[C@@H]54)C1. The molecule has 9 atom stereocenters. The van der Waals surface area contributed by atoms with Crippen LogP contribution >= 0.6 is 0 Å². The first-order valence-electron chi connectivity index (χ1n) is 27.2. The second-order valence-corrected chi connectivity index (χ2v) is 24.0. The highest BCUT2D eigenvalue weighted by Gasteiger charge is 2.80. The number of aromatic nitrogens is 1. The molecule has 16 heteroatoms. The first kappa shape index (κ1) is 54.3. The van der Waals surface area contributed by atoms with Crippen molar-refractivity contribution in [1.82, 2.24) is 14.8 Å². The molecule has 4 aromatic carbocycles. The number of aryl methyl sites for hydroxylation is 1. The van der Waals surface area contributed by atoms with Crippen molar-refractivity contribution in [1.29, 1.82) is 0 Å². The van der Waals surface area contributed by atoms with Crippen LogP contribution in [0.25, 0.3) is 10.9 Å². The molecule has 1 saturated carbocycles. The number of nitrogens with zero attached hydrogens (tertiary/aromatic N) is 3.